The van der Waals surface area contributed by atoms with E-state index >= 15 is 0 Å². The largest absolute Gasteiger partial charge is 0.370 e. The van der Waals surface area contributed by atoms with Crippen molar-refractivity contribution in [2.45, 2.75) is 25.7 Å². The summed E-state index contributed by atoms with van der Waals surface area (Å²) in [4.78, 5) is 14.8. The van der Waals surface area contributed by atoms with E-state index in [2.05, 4.69) is 4.98 Å². The molecule has 13 heavy (non-hydrogen) atoms. The summed E-state index contributed by atoms with van der Waals surface area (Å²) < 4.78 is 0. The molecular weight excluding hydrogens is 164 g/mol. The van der Waals surface area contributed by atoms with E-state index in [0.717, 1.165) is 5.56 Å². The van der Waals surface area contributed by atoms with Crippen molar-refractivity contribution in [3.8, 4) is 0 Å². The zero-order valence-electron chi connectivity index (χ0n) is 7.95. The van der Waals surface area contributed by atoms with Crippen LogP contribution in [0.2, 0.25) is 0 Å². The molecule has 0 aliphatic rings. The maximum Gasteiger partial charge on any atom is 0.218 e. The highest BCUT2D eigenvalue weighted by molar-refractivity contribution is 5.75. The van der Waals surface area contributed by atoms with E-state index in [-0.39, 0.29) is 11.3 Å². The zero-order chi connectivity index (χ0) is 9.90. The molecule has 0 unspecified atom stereocenters. The molecule has 3 nitrogen and oxygen atoms in total. The lowest BCUT2D eigenvalue weighted by atomic mass is 9.82. The van der Waals surface area contributed by atoms with Gasteiger partial charge in [0.1, 0.15) is 0 Å². The molecular formula is C10H14N2O. The van der Waals surface area contributed by atoms with E-state index in [1.54, 1.807) is 12.4 Å². The van der Waals surface area contributed by atoms with Crippen molar-refractivity contribution in [1.29, 1.82) is 0 Å². The lowest BCUT2D eigenvalue weighted by Crippen LogP contribution is -2.26. The quantitative estimate of drug-likeness (QED) is 0.757. The summed E-state index contributed by atoms with van der Waals surface area (Å²) in [6.45, 7) is 3.96. The van der Waals surface area contributed by atoms with Crippen LogP contribution in [0.25, 0.3) is 0 Å². The van der Waals surface area contributed by atoms with Gasteiger partial charge in [-0.05, 0) is 17.0 Å². The Kier molecular flexibility index (Phi) is 2.66. The number of carbonyl (C=O) groups excluding carboxylic acids is 1. The van der Waals surface area contributed by atoms with Crippen molar-refractivity contribution in [1.82, 2.24) is 4.98 Å². The molecule has 0 spiro atoms. The maximum atomic E-state index is 10.8. The maximum absolute atomic E-state index is 10.8. The number of rotatable bonds is 3. The Morgan fingerprint density at radius 1 is 1.62 bits per heavy atom. The number of carbonyl (C=O) groups is 1. The highest BCUT2D eigenvalue weighted by Gasteiger charge is 2.22. The SMILES string of the molecule is CC(C)(CC(N)=O)c1cccnc1. The van der Waals surface area contributed by atoms with Gasteiger partial charge in [0.15, 0.2) is 0 Å². The number of pyridine rings is 1. The van der Waals surface area contributed by atoms with E-state index in [4.69, 9.17) is 5.73 Å². The Labute approximate surface area is 78.0 Å². The third kappa shape index (κ3) is 2.54. The molecule has 1 aromatic heterocycles. The molecule has 1 rings (SSSR count). The lowest BCUT2D eigenvalue weighted by molar-refractivity contribution is -0.119. The van der Waals surface area contributed by atoms with Crippen LogP contribution in [0, 0.1) is 0 Å². The molecule has 0 radical (unpaired) electrons. The molecule has 70 valence electrons. The molecule has 0 aliphatic heterocycles. The van der Waals surface area contributed by atoms with Gasteiger partial charge in [-0.2, -0.15) is 0 Å². The number of aromatic nitrogens is 1. The summed E-state index contributed by atoms with van der Waals surface area (Å²) in [7, 11) is 0. The van der Waals surface area contributed by atoms with Gasteiger partial charge in [0, 0.05) is 18.8 Å². The minimum atomic E-state index is -0.283. The standard InChI is InChI=1S/C10H14N2O/c1-10(2,6-9(11)13)8-4-3-5-12-7-8/h3-5,7H,6H2,1-2H3,(H2,11,13). The fraction of sp³-hybridized carbons (Fsp3) is 0.400. The van der Waals surface area contributed by atoms with Crippen LogP contribution in [0.3, 0.4) is 0 Å². The van der Waals surface area contributed by atoms with Crippen molar-refractivity contribution >= 4 is 5.91 Å². The van der Waals surface area contributed by atoms with Crippen LogP contribution >= 0.6 is 0 Å². The fourth-order valence-electron chi connectivity index (χ4n) is 1.30. The van der Waals surface area contributed by atoms with Crippen molar-refractivity contribution in [2.75, 3.05) is 0 Å². The van der Waals surface area contributed by atoms with Crippen LogP contribution in [0.5, 0.6) is 0 Å². The summed E-state index contributed by atoms with van der Waals surface area (Å²) in [6.07, 6.45) is 3.82. The predicted octanol–water partition coefficient (Wildman–Crippen LogP) is 1.23. The zero-order valence-corrected chi connectivity index (χ0v) is 7.95. The van der Waals surface area contributed by atoms with E-state index in [1.165, 1.54) is 0 Å². The van der Waals surface area contributed by atoms with E-state index < -0.39 is 0 Å². The molecule has 0 saturated heterocycles. The minimum absolute atomic E-state index is 0.222. The van der Waals surface area contributed by atoms with Crippen LogP contribution in [0.4, 0.5) is 0 Å². The van der Waals surface area contributed by atoms with Gasteiger partial charge in [-0.1, -0.05) is 19.9 Å². The first-order valence-corrected chi connectivity index (χ1v) is 4.21. The Morgan fingerprint density at radius 2 is 2.31 bits per heavy atom. The van der Waals surface area contributed by atoms with Crippen molar-refractivity contribution in [2.24, 2.45) is 5.73 Å². The molecule has 2 N–H and O–H groups in total. The Bertz CT molecular complexity index is 293. The average Bonchev–Trinajstić information content (AvgIpc) is 2.04. The molecule has 0 fully saturated rings. The van der Waals surface area contributed by atoms with Crippen LogP contribution in [-0.2, 0) is 10.2 Å². The van der Waals surface area contributed by atoms with Gasteiger partial charge in [0.2, 0.25) is 5.91 Å². The van der Waals surface area contributed by atoms with Gasteiger partial charge in [-0.25, -0.2) is 0 Å². The second-order valence-corrected chi connectivity index (χ2v) is 3.77. The first-order valence-electron chi connectivity index (χ1n) is 4.21. The monoisotopic (exact) mass is 178 g/mol. The topological polar surface area (TPSA) is 56.0 Å². The number of nitrogens with zero attached hydrogens (tertiary/aromatic N) is 1. The minimum Gasteiger partial charge on any atom is -0.370 e. The molecule has 0 saturated carbocycles. The summed E-state index contributed by atoms with van der Waals surface area (Å²) in [5, 5.41) is 0. The molecule has 0 bridgehead atoms. The third-order valence-electron chi connectivity index (χ3n) is 2.06. The second kappa shape index (κ2) is 3.56. The lowest BCUT2D eigenvalue weighted by Gasteiger charge is -2.22. The number of amides is 1. The highest BCUT2D eigenvalue weighted by atomic mass is 16.1. The van der Waals surface area contributed by atoms with E-state index in [0.29, 0.717) is 6.42 Å². The van der Waals surface area contributed by atoms with Crippen LogP contribution in [0.1, 0.15) is 25.8 Å². The van der Waals surface area contributed by atoms with Gasteiger partial charge >= 0.3 is 0 Å². The number of hydrogen-bond acceptors (Lipinski definition) is 2. The second-order valence-electron chi connectivity index (χ2n) is 3.77. The molecule has 0 atom stereocenters. The van der Waals surface area contributed by atoms with Gasteiger partial charge in [-0.3, -0.25) is 9.78 Å². The Balaban J connectivity index is 2.87. The summed E-state index contributed by atoms with van der Waals surface area (Å²) >= 11 is 0. The van der Waals surface area contributed by atoms with Crippen LogP contribution < -0.4 is 5.73 Å². The summed E-state index contributed by atoms with van der Waals surface area (Å²) in [6, 6.07) is 3.81. The molecule has 3 heteroatoms. The van der Waals surface area contributed by atoms with Crippen molar-refractivity contribution in [3.63, 3.8) is 0 Å². The van der Waals surface area contributed by atoms with E-state index in [9.17, 15) is 4.79 Å². The normalized spacial score (nSPS) is 11.2. The first-order chi connectivity index (χ1) is 6.02. The summed E-state index contributed by atoms with van der Waals surface area (Å²) in [5.74, 6) is -0.283. The van der Waals surface area contributed by atoms with Gasteiger partial charge in [0.25, 0.3) is 0 Å². The van der Waals surface area contributed by atoms with Gasteiger partial charge in [-0.15, -0.1) is 0 Å². The smallest absolute Gasteiger partial charge is 0.218 e. The summed E-state index contributed by atoms with van der Waals surface area (Å²) in [5.41, 5.74) is 5.97. The molecule has 0 aliphatic carbocycles. The molecule has 1 amide bonds. The van der Waals surface area contributed by atoms with Crippen molar-refractivity contribution < 1.29 is 4.79 Å². The Hall–Kier alpha value is -1.38. The Morgan fingerprint density at radius 3 is 2.77 bits per heavy atom. The van der Waals surface area contributed by atoms with Crippen LogP contribution in [0.15, 0.2) is 24.5 Å². The third-order valence-corrected chi connectivity index (χ3v) is 2.06. The predicted molar refractivity (Wildman–Crippen MR) is 51.1 cm³/mol. The van der Waals surface area contributed by atoms with Crippen molar-refractivity contribution in [3.05, 3.63) is 30.1 Å². The molecule has 0 aromatic carbocycles. The van der Waals surface area contributed by atoms with Gasteiger partial charge < -0.3 is 5.73 Å². The average molecular weight is 178 g/mol. The number of nitrogens with two attached hydrogens (primary N) is 1. The number of hydrogen-bond donors (Lipinski definition) is 1. The molecule has 1 aromatic rings. The molecule has 1 heterocycles. The number of primary amides is 1. The van der Waals surface area contributed by atoms with Gasteiger partial charge in [0.05, 0.1) is 0 Å². The van der Waals surface area contributed by atoms with E-state index in [1.807, 2.05) is 26.0 Å². The van der Waals surface area contributed by atoms with Crippen LogP contribution in [-0.4, -0.2) is 10.9 Å². The highest BCUT2D eigenvalue weighted by Crippen LogP contribution is 2.25. The first kappa shape index (κ1) is 9.71. The fourth-order valence-corrected chi connectivity index (χ4v) is 1.30.